The van der Waals surface area contributed by atoms with Gasteiger partial charge in [-0.25, -0.2) is 13.8 Å². The highest BCUT2D eigenvalue weighted by Crippen LogP contribution is 2.34. The molecule has 6 rings (SSSR count). The van der Waals surface area contributed by atoms with Crippen LogP contribution in [0.1, 0.15) is 13.3 Å². The van der Waals surface area contributed by atoms with E-state index in [1.165, 1.54) is 18.3 Å². The Hall–Kier alpha value is -4.41. The van der Waals surface area contributed by atoms with Gasteiger partial charge in [-0.05, 0) is 23.6 Å². The third kappa shape index (κ3) is 4.91. The number of ether oxygens (including phenoxy) is 2. The largest absolute Gasteiger partial charge is 0.459 e. The minimum atomic E-state index is -0.790. The van der Waals surface area contributed by atoms with Gasteiger partial charge in [0.15, 0.2) is 5.82 Å². The fourth-order valence-corrected chi connectivity index (χ4v) is 4.75. The maximum Gasteiger partial charge on any atom is 0.295 e. The zero-order chi connectivity index (χ0) is 27.1. The second kappa shape index (κ2) is 10.0. The molecule has 0 aliphatic carbocycles. The van der Waals surface area contributed by atoms with E-state index in [4.69, 9.17) is 9.47 Å². The van der Waals surface area contributed by atoms with Crippen molar-refractivity contribution in [3.63, 3.8) is 0 Å². The fourth-order valence-electron chi connectivity index (χ4n) is 4.75. The number of aliphatic hydroxyl groups excluding tert-OH is 1. The van der Waals surface area contributed by atoms with Crippen LogP contribution in [0.5, 0.6) is 6.01 Å². The number of nitrogens with one attached hydrogen (secondary N) is 2. The molecular weight excluding hydrogens is 506 g/mol. The van der Waals surface area contributed by atoms with Crippen molar-refractivity contribution in [2.24, 2.45) is 0 Å². The van der Waals surface area contributed by atoms with E-state index in [0.717, 1.165) is 16.7 Å². The number of imidazole rings is 1. The van der Waals surface area contributed by atoms with E-state index in [9.17, 15) is 9.90 Å². The third-order valence-electron chi connectivity index (χ3n) is 6.79. The van der Waals surface area contributed by atoms with Crippen LogP contribution in [0.2, 0.25) is 0 Å². The topological polar surface area (TPSA) is 113 Å². The molecule has 198 valence electrons. The maximum absolute atomic E-state index is 15.5. The van der Waals surface area contributed by atoms with Crippen molar-refractivity contribution in [1.82, 2.24) is 19.9 Å². The van der Waals surface area contributed by atoms with E-state index < -0.39 is 17.7 Å². The summed E-state index contributed by atoms with van der Waals surface area (Å²) in [5.74, 6) is -1.05. The number of hydrogen-bond donors (Lipinski definition) is 3. The summed E-state index contributed by atoms with van der Waals surface area (Å²) in [6, 6.07) is 16.9. The SMILES string of the molecule is CC(O)C1CC(Oc2nc3c(F)c(-c4ccc(-c5ccc(-c6nccc(=O)[nH]6)cc5)cc4)c(F)cc3[nH]2)CO1. The predicted molar refractivity (Wildman–Crippen MR) is 141 cm³/mol. The molecule has 3 aromatic carbocycles. The molecule has 1 aliphatic rings. The molecule has 3 atom stereocenters. The molecule has 3 unspecified atom stereocenters. The minimum absolute atomic E-state index is 0.0281. The summed E-state index contributed by atoms with van der Waals surface area (Å²) in [4.78, 5) is 25.4. The average Bonchev–Trinajstić information content (AvgIpc) is 3.57. The first-order valence-electron chi connectivity index (χ1n) is 12.5. The Bertz CT molecular complexity index is 1700. The molecule has 10 heteroatoms. The quantitative estimate of drug-likeness (QED) is 0.290. The van der Waals surface area contributed by atoms with Gasteiger partial charge in [0, 0.05) is 30.3 Å². The number of rotatable bonds is 6. The normalized spacial score (nSPS) is 17.9. The Morgan fingerprint density at radius 3 is 2.31 bits per heavy atom. The summed E-state index contributed by atoms with van der Waals surface area (Å²) < 4.78 is 41.8. The molecule has 1 aliphatic heterocycles. The molecule has 3 N–H and O–H groups in total. The highest BCUT2D eigenvalue weighted by molar-refractivity contribution is 5.84. The number of H-pyrrole nitrogens is 2. The summed E-state index contributed by atoms with van der Waals surface area (Å²) >= 11 is 0. The van der Waals surface area contributed by atoms with Crippen LogP contribution in [0.3, 0.4) is 0 Å². The Morgan fingerprint density at radius 2 is 1.67 bits per heavy atom. The van der Waals surface area contributed by atoms with Gasteiger partial charge in [0.05, 0.1) is 29.9 Å². The molecule has 2 aromatic heterocycles. The van der Waals surface area contributed by atoms with Crippen LogP contribution in [0.15, 0.2) is 71.7 Å². The van der Waals surface area contributed by atoms with Gasteiger partial charge in [-0.3, -0.25) is 4.79 Å². The number of aromatic nitrogens is 4. The van der Waals surface area contributed by atoms with Crippen LogP contribution in [0, 0.1) is 11.6 Å². The number of aromatic amines is 2. The van der Waals surface area contributed by atoms with Crippen molar-refractivity contribution in [3.8, 4) is 39.7 Å². The summed E-state index contributed by atoms with van der Waals surface area (Å²) in [5, 5.41) is 9.69. The summed E-state index contributed by atoms with van der Waals surface area (Å²) in [5.41, 5.74) is 2.61. The number of aliphatic hydroxyl groups is 1. The van der Waals surface area contributed by atoms with Gasteiger partial charge < -0.3 is 24.5 Å². The first-order valence-corrected chi connectivity index (χ1v) is 12.5. The Kier molecular flexibility index (Phi) is 6.41. The molecule has 0 bridgehead atoms. The van der Waals surface area contributed by atoms with Crippen LogP contribution in [-0.4, -0.2) is 50.0 Å². The lowest BCUT2D eigenvalue weighted by Gasteiger charge is -2.11. The second-order valence-corrected chi connectivity index (χ2v) is 9.51. The van der Waals surface area contributed by atoms with Crippen molar-refractivity contribution in [2.75, 3.05) is 6.61 Å². The zero-order valence-electron chi connectivity index (χ0n) is 20.8. The van der Waals surface area contributed by atoms with Gasteiger partial charge in [0.1, 0.15) is 23.3 Å². The lowest BCUT2D eigenvalue weighted by Crippen LogP contribution is -2.23. The molecular formula is C29H24F2N4O4. The van der Waals surface area contributed by atoms with Gasteiger partial charge in [-0.15, -0.1) is 0 Å². The summed E-state index contributed by atoms with van der Waals surface area (Å²) in [6.07, 6.45) is 0.588. The molecule has 0 saturated carbocycles. The number of hydrogen-bond acceptors (Lipinski definition) is 6. The van der Waals surface area contributed by atoms with E-state index in [1.54, 1.807) is 31.2 Å². The number of halogens is 2. The molecule has 5 aromatic rings. The lowest BCUT2D eigenvalue weighted by atomic mass is 9.98. The smallest absolute Gasteiger partial charge is 0.295 e. The first kappa shape index (κ1) is 24.9. The summed E-state index contributed by atoms with van der Waals surface area (Å²) in [7, 11) is 0. The molecule has 1 fully saturated rings. The van der Waals surface area contributed by atoms with Crippen LogP contribution in [0.4, 0.5) is 8.78 Å². The van der Waals surface area contributed by atoms with E-state index in [-0.39, 0.29) is 47.0 Å². The Morgan fingerprint density at radius 1 is 1.00 bits per heavy atom. The van der Waals surface area contributed by atoms with Crippen LogP contribution in [-0.2, 0) is 4.74 Å². The van der Waals surface area contributed by atoms with E-state index >= 15 is 8.78 Å². The fraction of sp³-hybridized carbons (Fsp3) is 0.207. The van der Waals surface area contributed by atoms with Gasteiger partial charge in [0.2, 0.25) is 0 Å². The molecule has 39 heavy (non-hydrogen) atoms. The number of fused-ring (bicyclic) bond motifs is 1. The molecule has 8 nitrogen and oxygen atoms in total. The van der Waals surface area contributed by atoms with Crippen molar-refractivity contribution < 1.29 is 23.4 Å². The van der Waals surface area contributed by atoms with Crippen molar-refractivity contribution in [2.45, 2.75) is 31.7 Å². The van der Waals surface area contributed by atoms with Crippen LogP contribution < -0.4 is 10.3 Å². The number of nitrogens with zero attached hydrogens (tertiary/aromatic N) is 2. The Balaban J connectivity index is 1.24. The molecule has 0 spiro atoms. The second-order valence-electron chi connectivity index (χ2n) is 9.51. The van der Waals surface area contributed by atoms with Gasteiger partial charge in [-0.2, -0.15) is 4.98 Å². The van der Waals surface area contributed by atoms with Gasteiger partial charge >= 0.3 is 0 Å². The van der Waals surface area contributed by atoms with Crippen molar-refractivity contribution >= 4 is 11.0 Å². The standard InChI is InChI=1S/C29H24F2N4O4/c1-15(36)23-12-20(14-38-23)39-29-33-22-13-21(30)25(26(31)27(22)35-29)18-6-2-16(3-7-18)17-4-8-19(9-5-17)28-32-11-10-24(37)34-28/h2-11,13,15,20,23,36H,12,14H2,1H3,(H,33,35)(H,32,34,37). The number of benzene rings is 3. The van der Waals surface area contributed by atoms with Crippen molar-refractivity contribution in [3.05, 3.63) is 88.8 Å². The van der Waals surface area contributed by atoms with E-state index in [2.05, 4.69) is 19.9 Å². The molecule has 0 amide bonds. The predicted octanol–water partition coefficient (Wildman–Crippen LogP) is 4.84. The van der Waals surface area contributed by atoms with E-state index in [1.807, 2.05) is 24.3 Å². The van der Waals surface area contributed by atoms with Gasteiger partial charge in [-0.1, -0.05) is 48.5 Å². The van der Waals surface area contributed by atoms with Crippen LogP contribution >= 0.6 is 0 Å². The highest BCUT2D eigenvalue weighted by atomic mass is 19.1. The minimum Gasteiger partial charge on any atom is -0.459 e. The van der Waals surface area contributed by atoms with Gasteiger partial charge in [0.25, 0.3) is 11.6 Å². The van der Waals surface area contributed by atoms with Crippen molar-refractivity contribution in [1.29, 1.82) is 0 Å². The monoisotopic (exact) mass is 530 g/mol. The first-order chi connectivity index (χ1) is 18.9. The third-order valence-corrected chi connectivity index (χ3v) is 6.79. The lowest BCUT2D eigenvalue weighted by molar-refractivity contribution is 0.00656. The molecule has 0 radical (unpaired) electrons. The summed E-state index contributed by atoms with van der Waals surface area (Å²) in [6.45, 7) is 1.91. The average molecular weight is 531 g/mol. The molecule has 1 saturated heterocycles. The Labute approximate surface area is 221 Å². The molecule has 3 heterocycles. The maximum atomic E-state index is 15.5. The van der Waals surface area contributed by atoms with E-state index in [0.29, 0.717) is 17.8 Å². The zero-order valence-corrected chi connectivity index (χ0v) is 20.8. The van der Waals surface area contributed by atoms with Crippen LogP contribution in [0.25, 0.3) is 44.7 Å². The highest BCUT2D eigenvalue weighted by Gasteiger charge is 2.31.